The van der Waals surface area contributed by atoms with Gasteiger partial charge in [-0.3, -0.25) is 9.69 Å². The van der Waals surface area contributed by atoms with E-state index in [0.29, 0.717) is 19.4 Å². The molecule has 33 heavy (non-hydrogen) atoms. The zero-order valence-electron chi connectivity index (χ0n) is 18.5. The summed E-state index contributed by atoms with van der Waals surface area (Å²) in [4.78, 5) is 40.2. The van der Waals surface area contributed by atoms with Gasteiger partial charge in [0.25, 0.3) is 0 Å². The van der Waals surface area contributed by atoms with Crippen molar-refractivity contribution in [1.29, 1.82) is 0 Å². The molecule has 1 saturated heterocycles. The van der Waals surface area contributed by atoms with Gasteiger partial charge in [-0.2, -0.15) is 0 Å². The molecule has 2 aromatic carbocycles. The van der Waals surface area contributed by atoms with Crippen LogP contribution in [0.5, 0.6) is 0 Å². The lowest BCUT2D eigenvalue weighted by atomic mass is 9.55. The second-order valence-electron chi connectivity index (χ2n) is 8.55. The molecule has 9 nitrogen and oxygen atoms in total. The Morgan fingerprint density at radius 2 is 1.76 bits per heavy atom. The molecule has 0 spiro atoms. The number of benzene rings is 2. The van der Waals surface area contributed by atoms with E-state index in [9.17, 15) is 14.4 Å². The number of nitrogens with zero attached hydrogens (tertiary/aromatic N) is 1. The Morgan fingerprint density at radius 3 is 2.48 bits per heavy atom. The number of hydrogen-bond donors (Lipinski definition) is 3. The summed E-state index contributed by atoms with van der Waals surface area (Å²) in [5, 5.41) is 9.30. The summed E-state index contributed by atoms with van der Waals surface area (Å²) < 4.78 is 9.82. The van der Waals surface area contributed by atoms with E-state index in [2.05, 4.69) is 16.0 Å². The molecule has 172 valence electrons. The Bertz CT molecular complexity index is 1140. The van der Waals surface area contributed by atoms with E-state index in [4.69, 9.17) is 9.47 Å². The topological polar surface area (TPSA) is 109 Å². The number of methoxy groups -OCH3 is 2. The number of likely N-dealkylation sites (tertiary alicyclic amines) is 1. The number of carbonyl (C=O) groups is 3. The van der Waals surface area contributed by atoms with Gasteiger partial charge in [0.05, 0.1) is 25.0 Å². The molecule has 1 fully saturated rings. The molecular weight excluding hydrogens is 424 g/mol. The average Bonchev–Trinajstić information content (AvgIpc) is 3.46. The van der Waals surface area contributed by atoms with Crippen molar-refractivity contribution in [2.24, 2.45) is 0 Å². The first kappa shape index (κ1) is 21.1. The van der Waals surface area contributed by atoms with Crippen LogP contribution in [0, 0.1) is 0 Å². The predicted octanol–water partition coefficient (Wildman–Crippen LogP) is 2.78. The fourth-order valence-electron chi connectivity index (χ4n) is 6.10. The average molecular weight is 450 g/mol. The molecule has 3 N–H and O–H groups in total. The van der Waals surface area contributed by atoms with Crippen LogP contribution in [-0.4, -0.2) is 56.5 Å². The van der Waals surface area contributed by atoms with E-state index >= 15 is 0 Å². The lowest BCUT2D eigenvalue weighted by Crippen LogP contribution is -2.60. The van der Waals surface area contributed by atoms with E-state index in [1.165, 1.54) is 14.2 Å². The Labute approximate surface area is 191 Å². The SMILES string of the molecule is COC(=O)NCC[C@]1(C23CCN(C(=O)OC)[C@H]2Nc2ccccc23)C(=O)Nc2ccccc21. The van der Waals surface area contributed by atoms with E-state index in [1.54, 1.807) is 4.90 Å². The summed E-state index contributed by atoms with van der Waals surface area (Å²) in [5.74, 6) is -0.148. The van der Waals surface area contributed by atoms with E-state index < -0.39 is 29.2 Å². The number of carbonyl (C=O) groups excluding carboxylic acids is 3. The minimum Gasteiger partial charge on any atom is -0.453 e. The lowest BCUT2D eigenvalue weighted by molar-refractivity contribution is -0.124. The normalized spacial score (nSPS) is 26.5. The predicted molar refractivity (Wildman–Crippen MR) is 121 cm³/mol. The van der Waals surface area contributed by atoms with Crippen LogP contribution >= 0.6 is 0 Å². The zero-order chi connectivity index (χ0) is 23.2. The molecule has 2 aromatic rings. The number of rotatable bonds is 4. The molecule has 5 rings (SSSR count). The molecule has 0 aromatic heterocycles. The van der Waals surface area contributed by atoms with Crippen molar-refractivity contribution in [2.45, 2.75) is 29.8 Å². The van der Waals surface area contributed by atoms with Gasteiger partial charge in [-0.25, -0.2) is 9.59 Å². The number of alkyl carbamates (subject to hydrolysis) is 1. The van der Waals surface area contributed by atoms with Crippen LogP contribution in [-0.2, 0) is 25.1 Å². The van der Waals surface area contributed by atoms with Gasteiger partial charge in [0.15, 0.2) is 0 Å². The number of ether oxygens (including phenoxy) is 2. The number of hydrogen-bond acceptors (Lipinski definition) is 6. The van der Waals surface area contributed by atoms with Crippen molar-refractivity contribution >= 4 is 29.5 Å². The maximum Gasteiger partial charge on any atom is 0.411 e. The van der Waals surface area contributed by atoms with Crippen molar-refractivity contribution < 1.29 is 23.9 Å². The fourth-order valence-corrected chi connectivity index (χ4v) is 6.10. The maximum atomic E-state index is 14.0. The highest BCUT2D eigenvalue weighted by Gasteiger charge is 2.70. The van der Waals surface area contributed by atoms with Gasteiger partial charge < -0.3 is 25.4 Å². The summed E-state index contributed by atoms with van der Waals surface area (Å²) >= 11 is 0. The molecule has 3 atom stereocenters. The summed E-state index contributed by atoms with van der Waals surface area (Å²) in [7, 11) is 2.66. The number of nitrogens with one attached hydrogen (secondary N) is 3. The number of anilines is 2. The molecular formula is C24H26N4O5. The number of para-hydroxylation sites is 2. The maximum absolute atomic E-state index is 14.0. The van der Waals surface area contributed by atoms with Gasteiger partial charge in [-0.15, -0.1) is 0 Å². The monoisotopic (exact) mass is 450 g/mol. The smallest absolute Gasteiger partial charge is 0.411 e. The van der Waals surface area contributed by atoms with E-state index in [0.717, 1.165) is 22.5 Å². The van der Waals surface area contributed by atoms with Crippen molar-refractivity contribution in [3.8, 4) is 0 Å². The molecule has 0 radical (unpaired) electrons. The minimum atomic E-state index is -1.04. The first-order chi connectivity index (χ1) is 16.0. The van der Waals surface area contributed by atoms with Crippen molar-refractivity contribution in [2.75, 3.05) is 37.9 Å². The molecule has 3 aliphatic heterocycles. The Balaban J connectivity index is 1.72. The third-order valence-corrected chi connectivity index (χ3v) is 7.37. The highest BCUT2D eigenvalue weighted by molar-refractivity contribution is 6.08. The molecule has 3 amide bonds. The van der Waals surface area contributed by atoms with Crippen LogP contribution in [0.2, 0.25) is 0 Å². The molecule has 0 saturated carbocycles. The highest BCUT2D eigenvalue weighted by atomic mass is 16.5. The third-order valence-electron chi connectivity index (χ3n) is 7.37. The third kappa shape index (κ3) is 2.74. The molecule has 0 aliphatic carbocycles. The summed E-state index contributed by atoms with van der Waals surface area (Å²) in [6.45, 7) is 0.656. The van der Waals surface area contributed by atoms with Crippen LogP contribution < -0.4 is 16.0 Å². The van der Waals surface area contributed by atoms with E-state index in [1.807, 2.05) is 48.5 Å². The summed E-state index contributed by atoms with van der Waals surface area (Å²) in [6.07, 6.45) is -0.615. The van der Waals surface area contributed by atoms with Gasteiger partial charge in [-0.1, -0.05) is 36.4 Å². The number of fused-ring (bicyclic) bond motifs is 4. The lowest BCUT2D eigenvalue weighted by Gasteiger charge is -2.46. The van der Waals surface area contributed by atoms with Crippen molar-refractivity contribution in [1.82, 2.24) is 10.2 Å². The minimum absolute atomic E-state index is 0.148. The Morgan fingerprint density at radius 1 is 1.06 bits per heavy atom. The molecule has 3 aliphatic rings. The quantitative estimate of drug-likeness (QED) is 0.661. The molecule has 0 bridgehead atoms. The largest absolute Gasteiger partial charge is 0.453 e. The van der Waals surface area contributed by atoms with Gasteiger partial charge in [0.1, 0.15) is 6.17 Å². The van der Waals surface area contributed by atoms with Gasteiger partial charge in [-0.05, 0) is 36.1 Å². The Hall–Kier alpha value is -3.75. The summed E-state index contributed by atoms with van der Waals surface area (Å²) in [5.41, 5.74) is 1.65. The number of amides is 3. The highest BCUT2D eigenvalue weighted by Crippen LogP contribution is 2.62. The first-order valence-corrected chi connectivity index (χ1v) is 10.9. The molecule has 3 heterocycles. The van der Waals surface area contributed by atoms with Crippen molar-refractivity contribution in [3.05, 3.63) is 59.7 Å². The first-order valence-electron chi connectivity index (χ1n) is 10.9. The van der Waals surface area contributed by atoms with Crippen LogP contribution in [0.25, 0.3) is 0 Å². The van der Waals surface area contributed by atoms with Crippen LogP contribution in [0.1, 0.15) is 24.0 Å². The standard InChI is InChI=1S/C24H26N4O5/c1-32-21(30)25-13-11-24(16-8-4-6-10-18(16)27-20(24)29)23-12-14-28(22(31)33-2)19(23)26-17-9-5-3-7-15(17)23/h3-10,19,26H,11-14H2,1-2H3,(H,25,30)(H,27,29)/t19-,23?,24-/m1/s1. The van der Waals surface area contributed by atoms with E-state index in [-0.39, 0.29) is 12.5 Å². The molecule has 1 unspecified atom stereocenters. The van der Waals surface area contributed by atoms with Gasteiger partial charge >= 0.3 is 12.2 Å². The molecule has 9 heteroatoms. The second-order valence-corrected chi connectivity index (χ2v) is 8.55. The fraction of sp³-hybridized carbons (Fsp3) is 0.375. The second kappa shape index (κ2) is 7.68. The van der Waals surface area contributed by atoms with Crippen molar-refractivity contribution in [3.63, 3.8) is 0 Å². The van der Waals surface area contributed by atoms with Crippen LogP contribution in [0.4, 0.5) is 21.0 Å². The summed E-state index contributed by atoms with van der Waals surface area (Å²) in [6, 6.07) is 15.5. The van der Waals surface area contributed by atoms with Gasteiger partial charge in [0.2, 0.25) is 5.91 Å². The Kier molecular flexibility index (Phi) is 4.92. The van der Waals surface area contributed by atoms with Crippen LogP contribution in [0.15, 0.2) is 48.5 Å². The van der Waals surface area contributed by atoms with Gasteiger partial charge in [0, 0.05) is 24.5 Å². The van der Waals surface area contributed by atoms with Crippen LogP contribution in [0.3, 0.4) is 0 Å². The zero-order valence-corrected chi connectivity index (χ0v) is 18.5.